The number of nitrogens with zero attached hydrogens (tertiary/aromatic N) is 1. The van der Waals surface area contributed by atoms with E-state index in [0.717, 1.165) is 25.9 Å². The van der Waals surface area contributed by atoms with Gasteiger partial charge in [-0.25, -0.2) is 4.79 Å². The van der Waals surface area contributed by atoms with Gasteiger partial charge in [0.25, 0.3) is 0 Å². The third-order valence-electron chi connectivity index (χ3n) is 2.96. The maximum atomic E-state index is 11.4. The molecule has 5 nitrogen and oxygen atoms in total. The average Bonchev–Trinajstić information content (AvgIpc) is 2.31. The summed E-state index contributed by atoms with van der Waals surface area (Å²) in [5.74, 6) is -1.50. The van der Waals surface area contributed by atoms with Gasteiger partial charge in [-0.05, 0) is 39.9 Å². The monoisotopic (exact) mass is 260 g/mol. The summed E-state index contributed by atoms with van der Waals surface area (Å²) < 4.78 is 4.40. The van der Waals surface area contributed by atoms with Crippen LogP contribution in [0, 0.1) is 0 Å². The summed E-state index contributed by atoms with van der Waals surface area (Å²) in [5, 5.41) is 2.58. The zero-order valence-corrected chi connectivity index (χ0v) is 11.3. The number of likely N-dealkylation sites (tertiary alicyclic amines) is 1. The lowest BCUT2D eigenvalue weighted by atomic mass is 9.96. The molecule has 1 amide bonds. The highest BCUT2D eigenvalue weighted by Crippen LogP contribution is 2.27. The predicted molar refractivity (Wildman–Crippen MR) is 68.1 cm³/mol. The summed E-state index contributed by atoms with van der Waals surface area (Å²) in [5.41, 5.74) is 0. The molecule has 1 aliphatic rings. The number of hydrogen-bond acceptors (Lipinski definition) is 5. The SMILES string of the molecule is CCOC(=O)C(=O)NCC1(S)CCN(C)CC1. The van der Waals surface area contributed by atoms with Gasteiger partial charge in [0.05, 0.1) is 6.61 Å². The van der Waals surface area contributed by atoms with Crippen molar-refractivity contribution in [3.8, 4) is 0 Å². The van der Waals surface area contributed by atoms with Crippen LogP contribution in [-0.2, 0) is 14.3 Å². The van der Waals surface area contributed by atoms with Crippen LogP contribution in [0.5, 0.6) is 0 Å². The molecule has 0 aromatic rings. The molecule has 0 bridgehead atoms. The Morgan fingerprint density at radius 2 is 2.00 bits per heavy atom. The summed E-state index contributed by atoms with van der Waals surface area (Å²) in [7, 11) is 2.06. The van der Waals surface area contributed by atoms with Gasteiger partial charge in [0.2, 0.25) is 0 Å². The van der Waals surface area contributed by atoms with Crippen molar-refractivity contribution in [1.29, 1.82) is 0 Å². The summed E-state index contributed by atoms with van der Waals surface area (Å²) in [6.07, 6.45) is 1.80. The standard InChI is InChI=1S/C11H20N2O3S/c1-3-16-10(15)9(14)12-8-11(17)4-6-13(2)7-5-11/h17H,3-8H2,1-2H3,(H,12,14). The topological polar surface area (TPSA) is 58.6 Å². The second kappa shape index (κ2) is 6.26. The lowest BCUT2D eigenvalue weighted by Crippen LogP contribution is -2.48. The number of carbonyl (C=O) groups is 2. The molecule has 6 heteroatoms. The second-order valence-corrected chi connectivity index (χ2v) is 5.38. The van der Waals surface area contributed by atoms with Crippen molar-refractivity contribution in [2.24, 2.45) is 0 Å². The van der Waals surface area contributed by atoms with Crippen molar-refractivity contribution < 1.29 is 14.3 Å². The molecule has 0 aromatic carbocycles. The van der Waals surface area contributed by atoms with Gasteiger partial charge >= 0.3 is 11.9 Å². The number of esters is 1. The van der Waals surface area contributed by atoms with E-state index in [1.807, 2.05) is 0 Å². The molecule has 1 aliphatic heterocycles. The molecule has 0 aromatic heterocycles. The van der Waals surface area contributed by atoms with E-state index in [1.54, 1.807) is 6.92 Å². The number of hydrogen-bond donors (Lipinski definition) is 2. The largest absolute Gasteiger partial charge is 0.459 e. The van der Waals surface area contributed by atoms with E-state index in [4.69, 9.17) is 0 Å². The molecular formula is C11H20N2O3S. The molecule has 1 fully saturated rings. The van der Waals surface area contributed by atoms with Crippen LogP contribution in [0.15, 0.2) is 0 Å². The van der Waals surface area contributed by atoms with Crippen molar-refractivity contribution in [2.75, 3.05) is 33.3 Å². The molecule has 1 heterocycles. The van der Waals surface area contributed by atoms with Crippen molar-refractivity contribution in [3.63, 3.8) is 0 Å². The average molecular weight is 260 g/mol. The molecule has 0 spiro atoms. The van der Waals surface area contributed by atoms with Crippen LogP contribution in [0.3, 0.4) is 0 Å². The van der Waals surface area contributed by atoms with Crippen LogP contribution < -0.4 is 5.32 Å². The Morgan fingerprint density at radius 3 is 2.53 bits per heavy atom. The maximum absolute atomic E-state index is 11.4. The van der Waals surface area contributed by atoms with Gasteiger partial charge in [0.15, 0.2) is 0 Å². The number of amides is 1. The Labute approximate surface area is 107 Å². The first-order valence-corrected chi connectivity index (χ1v) is 6.27. The molecule has 1 N–H and O–H groups in total. The Kier molecular flexibility index (Phi) is 5.27. The second-order valence-electron chi connectivity index (χ2n) is 4.43. The van der Waals surface area contributed by atoms with Crippen LogP contribution >= 0.6 is 12.6 Å². The number of nitrogens with one attached hydrogen (secondary N) is 1. The van der Waals surface area contributed by atoms with E-state index >= 15 is 0 Å². The quantitative estimate of drug-likeness (QED) is 0.428. The van der Waals surface area contributed by atoms with Crippen LogP contribution in [0.25, 0.3) is 0 Å². The van der Waals surface area contributed by atoms with Crippen LogP contribution in [-0.4, -0.2) is 54.8 Å². The summed E-state index contributed by atoms with van der Waals surface area (Å²) in [6, 6.07) is 0. The highest BCUT2D eigenvalue weighted by molar-refractivity contribution is 7.81. The third-order valence-corrected chi connectivity index (χ3v) is 3.56. The maximum Gasteiger partial charge on any atom is 0.396 e. The Morgan fingerprint density at radius 1 is 1.41 bits per heavy atom. The van der Waals surface area contributed by atoms with Crippen LogP contribution in [0.1, 0.15) is 19.8 Å². The molecule has 0 aliphatic carbocycles. The molecule has 1 saturated heterocycles. The lowest BCUT2D eigenvalue weighted by Gasteiger charge is -2.36. The third kappa shape index (κ3) is 4.55. The Bertz CT molecular complexity index is 288. The smallest absolute Gasteiger partial charge is 0.396 e. The fraction of sp³-hybridized carbons (Fsp3) is 0.818. The van der Waals surface area contributed by atoms with E-state index < -0.39 is 11.9 Å². The van der Waals surface area contributed by atoms with Crippen molar-refractivity contribution >= 4 is 24.5 Å². The number of rotatable bonds is 3. The van der Waals surface area contributed by atoms with Gasteiger partial charge in [-0.1, -0.05) is 0 Å². The van der Waals surface area contributed by atoms with Gasteiger partial charge in [-0.2, -0.15) is 12.6 Å². The van der Waals surface area contributed by atoms with Gasteiger partial charge in [-0.15, -0.1) is 0 Å². The predicted octanol–water partition coefficient (Wildman–Crippen LogP) is 0.0599. The molecule has 0 atom stereocenters. The summed E-state index contributed by atoms with van der Waals surface area (Å²) in [4.78, 5) is 24.7. The number of carbonyl (C=O) groups excluding carboxylic acids is 2. The zero-order valence-electron chi connectivity index (χ0n) is 10.4. The van der Waals surface area contributed by atoms with E-state index in [2.05, 4.69) is 34.6 Å². The number of piperidine rings is 1. The summed E-state index contributed by atoms with van der Waals surface area (Å²) in [6.45, 7) is 4.20. The van der Waals surface area contributed by atoms with Gasteiger partial charge < -0.3 is 15.0 Å². The number of thiol groups is 1. The molecule has 17 heavy (non-hydrogen) atoms. The lowest BCUT2D eigenvalue weighted by molar-refractivity contribution is -0.154. The van der Waals surface area contributed by atoms with Crippen molar-refractivity contribution in [3.05, 3.63) is 0 Å². The minimum Gasteiger partial charge on any atom is -0.459 e. The van der Waals surface area contributed by atoms with E-state index in [1.165, 1.54) is 0 Å². The van der Waals surface area contributed by atoms with Gasteiger partial charge in [0, 0.05) is 11.3 Å². The fourth-order valence-corrected chi connectivity index (χ4v) is 2.00. The highest BCUT2D eigenvalue weighted by Gasteiger charge is 2.31. The fourth-order valence-electron chi connectivity index (χ4n) is 1.73. The van der Waals surface area contributed by atoms with E-state index in [0.29, 0.717) is 6.54 Å². The van der Waals surface area contributed by atoms with Crippen LogP contribution in [0.2, 0.25) is 0 Å². The molecule has 0 unspecified atom stereocenters. The Hall–Kier alpha value is -0.750. The minimum absolute atomic E-state index is 0.211. The molecule has 1 rings (SSSR count). The van der Waals surface area contributed by atoms with Crippen LogP contribution in [0.4, 0.5) is 0 Å². The number of ether oxygens (including phenoxy) is 1. The first-order valence-electron chi connectivity index (χ1n) is 5.83. The zero-order chi connectivity index (χ0) is 12.9. The minimum atomic E-state index is -0.822. The van der Waals surface area contributed by atoms with Gasteiger partial charge in [-0.3, -0.25) is 4.79 Å². The first-order chi connectivity index (χ1) is 7.97. The summed E-state index contributed by atoms with van der Waals surface area (Å²) >= 11 is 4.59. The van der Waals surface area contributed by atoms with E-state index in [-0.39, 0.29) is 11.4 Å². The normalized spacial score (nSPS) is 19.7. The van der Waals surface area contributed by atoms with E-state index in [9.17, 15) is 9.59 Å². The molecule has 98 valence electrons. The first kappa shape index (κ1) is 14.3. The highest BCUT2D eigenvalue weighted by atomic mass is 32.1. The molecule has 0 radical (unpaired) electrons. The Balaban J connectivity index is 2.34. The molecule has 0 saturated carbocycles. The molecular weight excluding hydrogens is 240 g/mol. The van der Waals surface area contributed by atoms with Crippen molar-refractivity contribution in [1.82, 2.24) is 10.2 Å². The van der Waals surface area contributed by atoms with Gasteiger partial charge in [0.1, 0.15) is 0 Å². The van der Waals surface area contributed by atoms with Crippen molar-refractivity contribution in [2.45, 2.75) is 24.5 Å².